The predicted molar refractivity (Wildman–Crippen MR) is 94.2 cm³/mol. The Morgan fingerprint density at radius 3 is 2.04 bits per heavy atom. The Balaban J connectivity index is 2.08. The van der Waals surface area contributed by atoms with Crippen LogP contribution in [0.1, 0.15) is 19.4 Å². The Morgan fingerprint density at radius 2 is 1.50 bits per heavy atom. The second kappa shape index (κ2) is 7.18. The van der Waals surface area contributed by atoms with Gasteiger partial charge < -0.3 is 9.47 Å². The van der Waals surface area contributed by atoms with Crippen molar-refractivity contribution in [2.45, 2.75) is 20.8 Å². The van der Waals surface area contributed by atoms with E-state index in [-0.39, 0.29) is 11.5 Å². The molecule has 26 heavy (non-hydrogen) atoms. The van der Waals surface area contributed by atoms with Crippen molar-refractivity contribution in [3.05, 3.63) is 54.2 Å². The third kappa shape index (κ3) is 3.77. The SMILES string of the molecule is CC(=O)Oc1cccc(OC(C)=O)c1-c1cn(-c2ccc(C)cc2)nn1. The molecule has 0 bridgehead atoms. The molecule has 7 nitrogen and oxygen atoms in total. The quantitative estimate of drug-likeness (QED) is 0.530. The number of esters is 2. The number of hydrogen-bond donors (Lipinski definition) is 0. The molecule has 3 rings (SSSR count). The molecular weight excluding hydrogens is 334 g/mol. The fourth-order valence-electron chi connectivity index (χ4n) is 2.45. The predicted octanol–water partition coefficient (Wildman–Crippen LogP) is 3.09. The highest BCUT2D eigenvalue weighted by molar-refractivity contribution is 5.81. The molecule has 7 heteroatoms. The number of aromatic nitrogens is 3. The minimum atomic E-state index is -0.489. The average Bonchev–Trinajstić information content (AvgIpc) is 3.04. The van der Waals surface area contributed by atoms with E-state index in [2.05, 4.69) is 10.3 Å². The van der Waals surface area contributed by atoms with Crippen molar-refractivity contribution in [3.63, 3.8) is 0 Å². The smallest absolute Gasteiger partial charge is 0.308 e. The van der Waals surface area contributed by atoms with E-state index in [4.69, 9.17) is 9.47 Å². The molecule has 0 atom stereocenters. The first-order valence-electron chi connectivity index (χ1n) is 7.93. The van der Waals surface area contributed by atoms with E-state index in [1.54, 1.807) is 29.1 Å². The van der Waals surface area contributed by atoms with Crippen LogP contribution < -0.4 is 9.47 Å². The summed E-state index contributed by atoms with van der Waals surface area (Å²) in [4.78, 5) is 22.8. The zero-order valence-electron chi connectivity index (χ0n) is 14.6. The van der Waals surface area contributed by atoms with Gasteiger partial charge in [0.25, 0.3) is 0 Å². The van der Waals surface area contributed by atoms with E-state index in [1.165, 1.54) is 13.8 Å². The lowest BCUT2D eigenvalue weighted by Gasteiger charge is -2.11. The number of benzene rings is 2. The summed E-state index contributed by atoms with van der Waals surface area (Å²) in [7, 11) is 0. The van der Waals surface area contributed by atoms with Crippen LogP contribution in [0.5, 0.6) is 11.5 Å². The van der Waals surface area contributed by atoms with Gasteiger partial charge in [0, 0.05) is 13.8 Å². The van der Waals surface area contributed by atoms with Gasteiger partial charge in [-0.05, 0) is 31.2 Å². The van der Waals surface area contributed by atoms with E-state index in [9.17, 15) is 9.59 Å². The molecule has 0 aliphatic rings. The third-order valence-corrected chi connectivity index (χ3v) is 3.54. The first kappa shape index (κ1) is 17.3. The van der Waals surface area contributed by atoms with Gasteiger partial charge in [-0.15, -0.1) is 5.10 Å². The zero-order chi connectivity index (χ0) is 18.7. The highest BCUT2D eigenvalue weighted by Crippen LogP contribution is 2.37. The Kier molecular flexibility index (Phi) is 4.79. The summed E-state index contributed by atoms with van der Waals surface area (Å²) >= 11 is 0. The number of hydrogen-bond acceptors (Lipinski definition) is 6. The van der Waals surface area contributed by atoms with Gasteiger partial charge in [-0.3, -0.25) is 9.59 Å². The molecule has 3 aromatic rings. The summed E-state index contributed by atoms with van der Waals surface area (Å²) < 4.78 is 12.1. The first-order chi connectivity index (χ1) is 12.4. The maximum Gasteiger partial charge on any atom is 0.308 e. The lowest BCUT2D eigenvalue weighted by atomic mass is 10.1. The number of nitrogens with zero attached hydrogens (tertiary/aromatic N) is 3. The molecule has 0 radical (unpaired) electrons. The van der Waals surface area contributed by atoms with E-state index >= 15 is 0 Å². The minimum Gasteiger partial charge on any atom is -0.426 e. The van der Waals surface area contributed by atoms with Gasteiger partial charge in [0.2, 0.25) is 0 Å². The zero-order valence-corrected chi connectivity index (χ0v) is 14.6. The topological polar surface area (TPSA) is 83.3 Å². The summed E-state index contributed by atoms with van der Waals surface area (Å²) in [6.07, 6.45) is 1.68. The Hall–Kier alpha value is -3.48. The minimum absolute atomic E-state index is 0.243. The van der Waals surface area contributed by atoms with Gasteiger partial charge in [-0.25, -0.2) is 4.68 Å². The van der Waals surface area contributed by atoms with Gasteiger partial charge in [0.05, 0.1) is 17.4 Å². The van der Waals surface area contributed by atoms with Crippen LogP contribution >= 0.6 is 0 Å². The molecule has 0 N–H and O–H groups in total. The van der Waals surface area contributed by atoms with Gasteiger partial charge >= 0.3 is 11.9 Å². The van der Waals surface area contributed by atoms with Crippen LogP contribution in [0.25, 0.3) is 16.9 Å². The molecule has 2 aromatic carbocycles. The number of carbonyl (C=O) groups excluding carboxylic acids is 2. The van der Waals surface area contributed by atoms with Crippen LogP contribution in [0, 0.1) is 6.92 Å². The Morgan fingerprint density at radius 1 is 0.923 bits per heavy atom. The van der Waals surface area contributed by atoms with Crippen molar-refractivity contribution in [2.24, 2.45) is 0 Å². The van der Waals surface area contributed by atoms with E-state index in [0.29, 0.717) is 11.3 Å². The van der Waals surface area contributed by atoms with Crippen LogP contribution in [-0.2, 0) is 9.59 Å². The highest BCUT2D eigenvalue weighted by Gasteiger charge is 2.19. The molecule has 132 valence electrons. The lowest BCUT2D eigenvalue weighted by Crippen LogP contribution is -2.06. The van der Waals surface area contributed by atoms with Gasteiger partial charge in [-0.2, -0.15) is 0 Å². The van der Waals surface area contributed by atoms with Crippen LogP contribution in [0.2, 0.25) is 0 Å². The van der Waals surface area contributed by atoms with Crippen molar-refractivity contribution < 1.29 is 19.1 Å². The van der Waals surface area contributed by atoms with Gasteiger partial charge in [0.15, 0.2) is 0 Å². The average molecular weight is 351 g/mol. The summed E-state index contributed by atoms with van der Waals surface area (Å²) in [6, 6.07) is 12.6. The molecule has 1 heterocycles. The second-order valence-electron chi connectivity index (χ2n) is 5.70. The number of carbonyl (C=O) groups is 2. The van der Waals surface area contributed by atoms with E-state index in [0.717, 1.165) is 11.3 Å². The third-order valence-electron chi connectivity index (χ3n) is 3.54. The van der Waals surface area contributed by atoms with E-state index < -0.39 is 11.9 Å². The fourth-order valence-corrected chi connectivity index (χ4v) is 2.45. The Labute approximate surface area is 150 Å². The maximum absolute atomic E-state index is 11.4. The van der Waals surface area contributed by atoms with Crippen LogP contribution in [0.4, 0.5) is 0 Å². The number of aryl methyl sites for hydroxylation is 1. The normalized spacial score (nSPS) is 10.4. The van der Waals surface area contributed by atoms with Crippen LogP contribution in [0.3, 0.4) is 0 Å². The van der Waals surface area contributed by atoms with Crippen LogP contribution in [-0.4, -0.2) is 26.9 Å². The maximum atomic E-state index is 11.4. The molecule has 0 unspecified atom stereocenters. The summed E-state index contributed by atoms with van der Waals surface area (Å²) in [6.45, 7) is 4.59. The molecule has 0 amide bonds. The van der Waals surface area contributed by atoms with Crippen molar-refractivity contribution in [3.8, 4) is 28.4 Å². The summed E-state index contributed by atoms with van der Waals surface area (Å²) in [5.74, 6) is -0.492. The Bertz CT molecular complexity index is 927. The summed E-state index contributed by atoms with van der Waals surface area (Å²) in [5.41, 5.74) is 2.76. The molecule has 0 spiro atoms. The molecule has 0 aliphatic carbocycles. The monoisotopic (exact) mass is 351 g/mol. The highest BCUT2D eigenvalue weighted by atomic mass is 16.5. The molecule has 0 saturated carbocycles. The van der Waals surface area contributed by atoms with Crippen molar-refractivity contribution in [2.75, 3.05) is 0 Å². The molecule has 0 aliphatic heterocycles. The number of rotatable bonds is 4. The van der Waals surface area contributed by atoms with Crippen molar-refractivity contribution >= 4 is 11.9 Å². The summed E-state index contributed by atoms with van der Waals surface area (Å²) in [5, 5.41) is 8.27. The van der Waals surface area contributed by atoms with Crippen molar-refractivity contribution in [1.29, 1.82) is 0 Å². The van der Waals surface area contributed by atoms with Crippen molar-refractivity contribution in [1.82, 2.24) is 15.0 Å². The lowest BCUT2D eigenvalue weighted by molar-refractivity contribution is -0.132. The van der Waals surface area contributed by atoms with Gasteiger partial charge in [-0.1, -0.05) is 29.0 Å². The van der Waals surface area contributed by atoms with E-state index in [1.807, 2.05) is 31.2 Å². The molecule has 0 saturated heterocycles. The van der Waals surface area contributed by atoms with Gasteiger partial charge in [0.1, 0.15) is 17.2 Å². The molecular formula is C19H17N3O4. The standard InChI is InChI=1S/C19H17N3O4/c1-12-7-9-15(10-8-12)22-11-16(20-21-22)19-17(25-13(2)23)5-4-6-18(19)26-14(3)24/h4-11H,1-3H3. The molecule has 0 fully saturated rings. The largest absolute Gasteiger partial charge is 0.426 e. The fraction of sp³-hybridized carbons (Fsp3) is 0.158. The second-order valence-corrected chi connectivity index (χ2v) is 5.70. The molecule has 1 aromatic heterocycles. The van der Waals surface area contributed by atoms with Crippen LogP contribution in [0.15, 0.2) is 48.7 Å². The first-order valence-corrected chi connectivity index (χ1v) is 7.93. The number of ether oxygens (including phenoxy) is 2.